The first-order valence-corrected chi connectivity index (χ1v) is 8.45. The lowest BCUT2D eigenvalue weighted by Gasteiger charge is -2.33. The number of nitrogens with zero attached hydrogens (tertiary/aromatic N) is 1. The summed E-state index contributed by atoms with van der Waals surface area (Å²) in [5.41, 5.74) is -0.279. The SMILES string of the molecule is CCC1(C(=O)NCCCN2CCCCC2C)CCCN1. The molecule has 20 heavy (non-hydrogen) atoms. The second kappa shape index (κ2) is 7.41. The van der Waals surface area contributed by atoms with Gasteiger partial charge in [0.2, 0.25) is 5.91 Å². The number of piperidine rings is 1. The van der Waals surface area contributed by atoms with Gasteiger partial charge < -0.3 is 15.5 Å². The summed E-state index contributed by atoms with van der Waals surface area (Å²) >= 11 is 0. The molecule has 0 aromatic carbocycles. The average Bonchev–Trinajstić information content (AvgIpc) is 2.95. The maximum Gasteiger partial charge on any atom is 0.240 e. The molecule has 0 bridgehead atoms. The van der Waals surface area contributed by atoms with E-state index in [-0.39, 0.29) is 11.4 Å². The number of hydrogen-bond donors (Lipinski definition) is 2. The fraction of sp³-hybridized carbons (Fsp3) is 0.938. The highest BCUT2D eigenvalue weighted by molar-refractivity contribution is 5.86. The first kappa shape index (κ1) is 15.8. The molecule has 2 saturated heterocycles. The molecule has 2 fully saturated rings. The lowest BCUT2D eigenvalue weighted by Crippen LogP contribution is -2.53. The summed E-state index contributed by atoms with van der Waals surface area (Å²) < 4.78 is 0. The minimum atomic E-state index is -0.279. The molecule has 116 valence electrons. The molecular weight excluding hydrogens is 250 g/mol. The van der Waals surface area contributed by atoms with Gasteiger partial charge in [-0.3, -0.25) is 4.79 Å². The molecule has 2 aliphatic rings. The second-order valence-corrected chi connectivity index (χ2v) is 6.46. The zero-order valence-electron chi connectivity index (χ0n) is 13.2. The van der Waals surface area contributed by atoms with Gasteiger partial charge in [-0.05, 0) is 58.5 Å². The van der Waals surface area contributed by atoms with Gasteiger partial charge in [0.1, 0.15) is 0 Å². The van der Waals surface area contributed by atoms with Crippen LogP contribution in [0.3, 0.4) is 0 Å². The molecule has 0 spiro atoms. The fourth-order valence-electron chi connectivity index (χ4n) is 3.61. The van der Waals surface area contributed by atoms with E-state index < -0.39 is 0 Å². The monoisotopic (exact) mass is 281 g/mol. The summed E-state index contributed by atoms with van der Waals surface area (Å²) in [6.45, 7) is 8.57. The second-order valence-electron chi connectivity index (χ2n) is 6.46. The molecule has 2 rings (SSSR count). The largest absolute Gasteiger partial charge is 0.354 e. The van der Waals surface area contributed by atoms with Crippen LogP contribution in [0.25, 0.3) is 0 Å². The first-order chi connectivity index (χ1) is 9.68. The summed E-state index contributed by atoms with van der Waals surface area (Å²) in [6.07, 6.45) is 8.09. The average molecular weight is 281 g/mol. The van der Waals surface area contributed by atoms with E-state index in [0.717, 1.165) is 51.4 Å². The van der Waals surface area contributed by atoms with E-state index in [1.807, 2.05) is 0 Å². The third kappa shape index (κ3) is 3.73. The topological polar surface area (TPSA) is 44.4 Å². The van der Waals surface area contributed by atoms with E-state index in [4.69, 9.17) is 0 Å². The molecule has 0 aromatic heterocycles. The van der Waals surface area contributed by atoms with E-state index in [1.165, 1.54) is 25.8 Å². The Labute approximate surface area is 123 Å². The minimum absolute atomic E-state index is 0.212. The Morgan fingerprint density at radius 1 is 1.40 bits per heavy atom. The normalized spacial score (nSPS) is 31.4. The highest BCUT2D eigenvalue weighted by atomic mass is 16.2. The number of nitrogens with one attached hydrogen (secondary N) is 2. The van der Waals surface area contributed by atoms with Crippen molar-refractivity contribution >= 4 is 5.91 Å². The third-order valence-electron chi connectivity index (χ3n) is 5.13. The van der Waals surface area contributed by atoms with Crippen molar-refractivity contribution < 1.29 is 4.79 Å². The van der Waals surface area contributed by atoms with Gasteiger partial charge in [0.05, 0.1) is 5.54 Å². The van der Waals surface area contributed by atoms with Crippen molar-refractivity contribution in [3.63, 3.8) is 0 Å². The molecule has 4 heteroatoms. The lowest BCUT2D eigenvalue weighted by molar-refractivity contribution is -0.127. The van der Waals surface area contributed by atoms with Gasteiger partial charge in [0.15, 0.2) is 0 Å². The molecule has 0 saturated carbocycles. The van der Waals surface area contributed by atoms with Crippen LogP contribution in [0.2, 0.25) is 0 Å². The number of rotatable bonds is 6. The summed E-state index contributed by atoms with van der Waals surface area (Å²) in [5, 5.41) is 6.54. The first-order valence-electron chi connectivity index (χ1n) is 8.45. The smallest absolute Gasteiger partial charge is 0.240 e. The van der Waals surface area contributed by atoms with Crippen molar-refractivity contribution in [2.75, 3.05) is 26.2 Å². The Kier molecular flexibility index (Phi) is 5.85. The summed E-state index contributed by atoms with van der Waals surface area (Å²) in [7, 11) is 0. The van der Waals surface area contributed by atoms with Crippen LogP contribution in [0.15, 0.2) is 0 Å². The molecule has 2 atom stereocenters. The number of likely N-dealkylation sites (tertiary alicyclic amines) is 1. The molecule has 2 N–H and O–H groups in total. The predicted molar refractivity (Wildman–Crippen MR) is 82.8 cm³/mol. The summed E-state index contributed by atoms with van der Waals surface area (Å²) in [4.78, 5) is 14.9. The van der Waals surface area contributed by atoms with Gasteiger partial charge >= 0.3 is 0 Å². The van der Waals surface area contributed by atoms with Gasteiger partial charge in [0.25, 0.3) is 0 Å². The third-order valence-corrected chi connectivity index (χ3v) is 5.13. The van der Waals surface area contributed by atoms with Crippen molar-refractivity contribution in [2.45, 2.75) is 70.4 Å². The molecule has 1 amide bonds. The van der Waals surface area contributed by atoms with Crippen molar-refractivity contribution in [2.24, 2.45) is 0 Å². The van der Waals surface area contributed by atoms with E-state index >= 15 is 0 Å². The van der Waals surface area contributed by atoms with Gasteiger partial charge in [-0.2, -0.15) is 0 Å². The number of carbonyl (C=O) groups excluding carboxylic acids is 1. The Morgan fingerprint density at radius 2 is 2.25 bits per heavy atom. The van der Waals surface area contributed by atoms with Crippen LogP contribution in [0.1, 0.15) is 58.8 Å². The molecule has 0 radical (unpaired) electrons. The maximum absolute atomic E-state index is 12.3. The molecule has 2 heterocycles. The molecular formula is C16H31N3O. The zero-order valence-corrected chi connectivity index (χ0v) is 13.2. The zero-order chi connectivity index (χ0) is 14.4. The van der Waals surface area contributed by atoms with E-state index in [1.54, 1.807) is 0 Å². The van der Waals surface area contributed by atoms with Crippen LogP contribution in [0, 0.1) is 0 Å². The van der Waals surface area contributed by atoms with Crippen molar-refractivity contribution in [3.8, 4) is 0 Å². The van der Waals surface area contributed by atoms with Crippen LogP contribution in [-0.2, 0) is 4.79 Å². The van der Waals surface area contributed by atoms with Crippen molar-refractivity contribution in [1.29, 1.82) is 0 Å². The fourth-order valence-corrected chi connectivity index (χ4v) is 3.61. The van der Waals surface area contributed by atoms with E-state index in [9.17, 15) is 4.79 Å². The van der Waals surface area contributed by atoms with Gasteiger partial charge in [-0.25, -0.2) is 0 Å². The predicted octanol–water partition coefficient (Wildman–Crippen LogP) is 1.90. The van der Waals surface area contributed by atoms with Gasteiger partial charge in [-0.1, -0.05) is 13.3 Å². The van der Waals surface area contributed by atoms with Crippen LogP contribution in [0.4, 0.5) is 0 Å². The van der Waals surface area contributed by atoms with E-state index in [0.29, 0.717) is 0 Å². The highest BCUT2D eigenvalue weighted by Crippen LogP contribution is 2.23. The highest BCUT2D eigenvalue weighted by Gasteiger charge is 2.38. The number of hydrogen-bond acceptors (Lipinski definition) is 3. The van der Waals surface area contributed by atoms with Crippen LogP contribution >= 0.6 is 0 Å². The summed E-state index contributed by atoms with van der Waals surface area (Å²) in [6, 6.07) is 0.720. The summed E-state index contributed by atoms with van der Waals surface area (Å²) in [5.74, 6) is 0.212. The Balaban J connectivity index is 1.66. The maximum atomic E-state index is 12.3. The van der Waals surface area contributed by atoms with E-state index in [2.05, 4.69) is 29.4 Å². The standard InChI is InChI=1S/C16H31N3O/c1-3-16(9-6-11-18-16)15(20)17-10-7-13-19-12-5-4-8-14(19)2/h14,18H,3-13H2,1-2H3,(H,17,20). The number of carbonyl (C=O) groups is 1. The molecule has 4 nitrogen and oxygen atoms in total. The van der Waals surface area contributed by atoms with Gasteiger partial charge in [-0.15, -0.1) is 0 Å². The quantitative estimate of drug-likeness (QED) is 0.731. The molecule has 0 aliphatic carbocycles. The molecule has 2 unspecified atom stereocenters. The van der Waals surface area contributed by atoms with Crippen molar-refractivity contribution in [3.05, 3.63) is 0 Å². The Morgan fingerprint density at radius 3 is 2.90 bits per heavy atom. The number of amides is 1. The lowest BCUT2D eigenvalue weighted by atomic mass is 9.93. The van der Waals surface area contributed by atoms with Crippen LogP contribution in [0.5, 0.6) is 0 Å². The molecule has 2 aliphatic heterocycles. The molecule has 0 aromatic rings. The van der Waals surface area contributed by atoms with Crippen LogP contribution in [-0.4, -0.2) is 48.6 Å². The van der Waals surface area contributed by atoms with Crippen LogP contribution < -0.4 is 10.6 Å². The Hall–Kier alpha value is -0.610. The van der Waals surface area contributed by atoms with Crippen molar-refractivity contribution in [1.82, 2.24) is 15.5 Å². The van der Waals surface area contributed by atoms with Gasteiger partial charge in [0, 0.05) is 19.1 Å². The minimum Gasteiger partial charge on any atom is -0.354 e. The Bertz CT molecular complexity index is 313.